The first kappa shape index (κ1) is 16.8. The van der Waals surface area contributed by atoms with Crippen LogP contribution in [-0.2, 0) is 11.2 Å². The molecule has 1 heterocycles. The Labute approximate surface area is 136 Å². The van der Waals surface area contributed by atoms with Crippen molar-refractivity contribution >= 4 is 15.9 Å². The van der Waals surface area contributed by atoms with E-state index in [1.807, 2.05) is 6.07 Å². The van der Waals surface area contributed by atoms with Crippen molar-refractivity contribution in [2.24, 2.45) is 5.92 Å². The summed E-state index contributed by atoms with van der Waals surface area (Å²) in [5.74, 6) is 1.48. The molecule has 2 rings (SSSR count). The van der Waals surface area contributed by atoms with Crippen LogP contribution in [0.2, 0.25) is 0 Å². The number of rotatable bonds is 7. The fraction of sp³-hybridized carbons (Fsp3) is 0.647. The summed E-state index contributed by atoms with van der Waals surface area (Å²) in [4.78, 5) is 0. The van der Waals surface area contributed by atoms with E-state index in [1.54, 1.807) is 7.11 Å². The van der Waals surface area contributed by atoms with Gasteiger partial charge in [-0.05, 0) is 66.4 Å². The van der Waals surface area contributed by atoms with Crippen LogP contribution in [0.5, 0.6) is 5.75 Å². The van der Waals surface area contributed by atoms with E-state index in [4.69, 9.17) is 9.47 Å². The van der Waals surface area contributed by atoms with Crippen LogP contribution in [0.3, 0.4) is 0 Å². The maximum atomic E-state index is 5.76. The Morgan fingerprint density at radius 3 is 2.86 bits per heavy atom. The van der Waals surface area contributed by atoms with Crippen molar-refractivity contribution in [1.82, 2.24) is 5.32 Å². The molecule has 0 spiro atoms. The molecule has 0 aromatic heterocycles. The van der Waals surface area contributed by atoms with Gasteiger partial charge in [0.1, 0.15) is 5.75 Å². The highest BCUT2D eigenvalue weighted by molar-refractivity contribution is 9.10. The van der Waals surface area contributed by atoms with Gasteiger partial charge in [-0.2, -0.15) is 0 Å². The Morgan fingerprint density at radius 1 is 1.48 bits per heavy atom. The van der Waals surface area contributed by atoms with E-state index in [0.29, 0.717) is 18.1 Å². The van der Waals surface area contributed by atoms with E-state index in [-0.39, 0.29) is 0 Å². The quantitative estimate of drug-likeness (QED) is 0.806. The summed E-state index contributed by atoms with van der Waals surface area (Å²) < 4.78 is 12.1. The molecule has 1 aliphatic rings. The summed E-state index contributed by atoms with van der Waals surface area (Å²) >= 11 is 3.58. The molecule has 0 saturated carbocycles. The summed E-state index contributed by atoms with van der Waals surface area (Å²) in [6.07, 6.45) is 3.69. The molecule has 1 N–H and O–H groups in total. The Morgan fingerprint density at radius 2 is 2.29 bits per heavy atom. The number of benzene rings is 1. The van der Waals surface area contributed by atoms with Crippen molar-refractivity contribution in [2.75, 3.05) is 20.3 Å². The first-order chi connectivity index (χ1) is 10.2. The molecular formula is C17H26BrNO2. The van der Waals surface area contributed by atoms with Crippen LogP contribution in [0.25, 0.3) is 0 Å². The van der Waals surface area contributed by atoms with Crippen molar-refractivity contribution in [3.8, 4) is 5.75 Å². The maximum absolute atomic E-state index is 5.76. The smallest absolute Gasteiger partial charge is 0.133 e. The largest absolute Gasteiger partial charge is 0.496 e. The van der Waals surface area contributed by atoms with Crippen molar-refractivity contribution < 1.29 is 9.47 Å². The van der Waals surface area contributed by atoms with Gasteiger partial charge in [-0.15, -0.1) is 0 Å². The van der Waals surface area contributed by atoms with Crippen LogP contribution < -0.4 is 10.1 Å². The van der Waals surface area contributed by atoms with Crippen molar-refractivity contribution in [2.45, 2.75) is 45.3 Å². The topological polar surface area (TPSA) is 30.5 Å². The molecule has 3 atom stereocenters. The molecule has 1 aliphatic heterocycles. The first-order valence-electron chi connectivity index (χ1n) is 7.83. The standard InChI is InChI=1S/C17H26BrNO2/c1-4-8-19-16(14-7-9-21-12(14)2)11-13-5-6-17(20-3)15(18)10-13/h5-6,10,12,14,16,19H,4,7-9,11H2,1-3H3. The van der Waals surface area contributed by atoms with Crippen LogP contribution in [0.1, 0.15) is 32.3 Å². The Hall–Kier alpha value is -0.580. The van der Waals surface area contributed by atoms with Gasteiger partial charge in [-0.1, -0.05) is 13.0 Å². The third-order valence-electron chi connectivity index (χ3n) is 4.28. The third-order valence-corrected chi connectivity index (χ3v) is 4.90. The van der Waals surface area contributed by atoms with E-state index < -0.39 is 0 Å². The Kier molecular flexibility index (Phi) is 6.52. The zero-order chi connectivity index (χ0) is 15.2. The minimum atomic E-state index is 0.348. The average molecular weight is 356 g/mol. The van der Waals surface area contributed by atoms with E-state index in [1.165, 1.54) is 5.56 Å². The highest BCUT2D eigenvalue weighted by atomic mass is 79.9. The summed E-state index contributed by atoms with van der Waals surface area (Å²) in [5.41, 5.74) is 1.33. The van der Waals surface area contributed by atoms with E-state index in [0.717, 1.165) is 42.6 Å². The van der Waals surface area contributed by atoms with Crippen LogP contribution in [-0.4, -0.2) is 32.4 Å². The highest BCUT2D eigenvalue weighted by Gasteiger charge is 2.31. The lowest BCUT2D eigenvalue weighted by atomic mass is 9.88. The predicted octanol–water partition coefficient (Wildman–Crippen LogP) is 3.79. The number of halogens is 1. The van der Waals surface area contributed by atoms with Crippen molar-refractivity contribution in [3.63, 3.8) is 0 Å². The number of hydrogen-bond donors (Lipinski definition) is 1. The molecule has 118 valence electrons. The zero-order valence-corrected chi connectivity index (χ0v) is 14.8. The fourth-order valence-electron chi connectivity index (χ4n) is 3.07. The van der Waals surface area contributed by atoms with Crippen molar-refractivity contribution in [3.05, 3.63) is 28.2 Å². The van der Waals surface area contributed by atoms with Gasteiger partial charge >= 0.3 is 0 Å². The summed E-state index contributed by atoms with van der Waals surface area (Å²) in [7, 11) is 1.70. The molecule has 1 saturated heterocycles. The molecule has 1 fully saturated rings. The van der Waals surface area contributed by atoms with Gasteiger partial charge < -0.3 is 14.8 Å². The lowest BCUT2D eigenvalue weighted by Gasteiger charge is -2.27. The predicted molar refractivity (Wildman–Crippen MR) is 90.0 cm³/mol. The van der Waals surface area contributed by atoms with Crippen LogP contribution in [0.15, 0.2) is 22.7 Å². The lowest BCUT2D eigenvalue weighted by Crippen LogP contribution is -2.41. The number of hydrogen-bond acceptors (Lipinski definition) is 3. The molecule has 21 heavy (non-hydrogen) atoms. The van der Waals surface area contributed by atoms with Gasteiger partial charge in [0, 0.05) is 18.6 Å². The molecule has 0 aliphatic carbocycles. The normalized spacial score (nSPS) is 23.2. The SMILES string of the molecule is CCCNC(Cc1ccc(OC)c(Br)c1)C1CCOC1C. The number of methoxy groups -OCH3 is 1. The van der Waals surface area contributed by atoms with Gasteiger partial charge in [0.25, 0.3) is 0 Å². The fourth-order valence-corrected chi connectivity index (χ4v) is 3.66. The average Bonchev–Trinajstić information content (AvgIpc) is 2.90. The Bertz CT molecular complexity index is 452. The summed E-state index contributed by atoms with van der Waals surface area (Å²) in [6, 6.07) is 6.83. The molecule has 3 nitrogen and oxygen atoms in total. The second-order valence-electron chi connectivity index (χ2n) is 5.76. The van der Waals surface area contributed by atoms with Gasteiger partial charge in [-0.3, -0.25) is 0 Å². The molecule has 3 unspecified atom stereocenters. The van der Waals surface area contributed by atoms with Crippen molar-refractivity contribution in [1.29, 1.82) is 0 Å². The second-order valence-corrected chi connectivity index (χ2v) is 6.62. The second kappa shape index (κ2) is 8.16. The third kappa shape index (κ3) is 4.44. The maximum Gasteiger partial charge on any atom is 0.133 e. The number of nitrogens with one attached hydrogen (secondary N) is 1. The molecular weight excluding hydrogens is 330 g/mol. The Balaban J connectivity index is 2.08. The summed E-state index contributed by atoms with van der Waals surface area (Å²) in [6.45, 7) is 6.36. The number of ether oxygens (including phenoxy) is 2. The van der Waals surface area contributed by atoms with Gasteiger partial charge in [0.2, 0.25) is 0 Å². The van der Waals surface area contributed by atoms with Crippen LogP contribution in [0, 0.1) is 5.92 Å². The molecule has 4 heteroatoms. The van der Waals surface area contributed by atoms with E-state index >= 15 is 0 Å². The first-order valence-corrected chi connectivity index (χ1v) is 8.62. The van der Waals surface area contributed by atoms with Crippen LogP contribution in [0.4, 0.5) is 0 Å². The minimum absolute atomic E-state index is 0.348. The lowest BCUT2D eigenvalue weighted by molar-refractivity contribution is 0.0954. The van der Waals surface area contributed by atoms with E-state index in [2.05, 4.69) is 47.2 Å². The highest BCUT2D eigenvalue weighted by Crippen LogP contribution is 2.29. The minimum Gasteiger partial charge on any atom is -0.496 e. The van der Waals surface area contributed by atoms with E-state index in [9.17, 15) is 0 Å². The van der Waals surface area contributed by atoms with Gasteiger partial charge in [0.05, 0.1) is 17.7 Å². The van der Waals surface area contributed by atoms with Crippen LogP contribution >= 0.6 is 15.9 Å². The molecule has 0 radical (unpaired) electrons. The molecule has 1 aromatic rings. The molecule has 1 aromatic carbocycles. The monoisotopic (exact) mass is 355 g/mol. The molecule has 0 bridgehead atoms. The molecule has 0 amide bonds. The van der Waals surface area contributed by atoms with Gasteiger partial charge in [0.15, 0.2) is 0 Å². The summed E-state index contributed by atoms with van der Waals surface area (Å²) in [5, 5.41) is 3.71. The zero-order valence-electron chi connectivity index (χ0n) is 13.2. The van der Waals surface area contributed by atoms with Gasteiger partial charge in [-0.25, -0.2) is 0 Å².